The van der Waals surface area contributed by atoms with E-state index in [1.165, 1.54) is 0 Å². The Bertz CT molecular complexity index is 356. The van der Waals surface area contributed by atoms with E-state index in [0.29, 0.717) is 12.6 Å². The van der Waals surface area contributed by atoms with E-state index in [4.69, 9.17) is 5.73 Å². The fraction of sp³-hybridized carbons (Fsp3) is 0.786. The van der Waals surface area contributed by atoms with E-state index in [9.17, 15) is 0 Å². The molecule has 18 heavy (non-hydrogen) atoms. The highest BCUT2D eigenvalue weighted by molar-refractivity contribution is 5.01. The van der Waals surface area contributed by atoms with E-state index >= 15 is 0 Å². The first kappa shape index (κ1) is 15.2. The second-order valence-electron chi connectivity index (χ2n) is 5.58. The molecule has 0 amide bonds. The van der Waals surface area contributed by atoms with Crippen molar-refractivity contribution in [1.29, 1.82) is 0 Å². The average molecular weight is 252 g/mol. The van der Waals surface area contributed by atoms with E-state index in [0.717, 1.165) is 25.2 Å². The molecule has 1 unspecified atom stereocenters. The van der Waals surface area contributed by atoms with Gasteiger partial charge < -0.3 is 5.73 Å². The first-order chi connectivity index (χ1) is 8.44. The number of hydrogen-bond acceptors (Lipinski definition) is 3. The van der Waals surface area contributed by atoms with Crippen LogP contribution in [0.25, 0.3) is 0 Å². The molecule has 0 radical (unpaired) electrons. The van der Waals surface area contributed by atoms with Gasteiger partial charge in [0, 0.05) is 30.9 Å². The van der Waals surface area contributed by atoms with Crippen molar-refractivity contribution >= 4 is 0 Å². The topological polar surface area (TPSA) is 47.1 Å². The zero-order valence-corrected chi connectivity index (χ0v) is 12.5. The highest BCUT2D eigenvalue weighted by atomic mass is 15.3. The summed E-state index contributed by atoms with van der Waals surface area (Å²) >= 11 is 0. The highest BCUT2D eigenvalue weighted by Crippen LogP contribution is 2.16. The molecule has 4 heteroatoms. The molecular weight excluding hydrogens is 224 g/mol. The van der Waals surface area contributed by atoms with Crippen molar-refractivity contribution in [3.63, 3.8) is 0 Å². The van der Waals surface area contributed by atoms with Gasteiger partial charge in [0.15, 0.2) is 0 Å². The minimum Gasteiger partial charge on any atom is -0.329 e. The molecule has 0 aromatic carbocycles. The molecule has 0 saturated heterocycles. The van der Waals surface area contributed by atoms with Gasteiger partial charge in [-0.25, -0.2) is 0 Å². The van der Waals surface area contributed by atoms with Gasteiger partial charge in [0.05, 0.1) is 5.69 Å². The molecule has 1 aromatic heterocycles. The van der Waals surface area contributed by atoms with Gasteiger partial charge in [-0.05, 0) is 39.8 Å². The minimum atomic E-state index is 0.0227. The summed E-state index contributed by atoms with van der Waals surface area (Å²) in [4.78, 5) is 2.37. The van der Waals surface area contributed by atoms with E-state index in [1.54, 1.807) is 0 Å². The normalized spacial score (nSPS) is 14.2. The minimum absolute atomic E-state index is 0.0227. The second kappa shape index (κ2) is 6.34. The van der Waals surface area contributed by atoms with Crippen LogP contribution in [0.5, 0.6) is 0 Å². The number of rotatable bonds is 7. The highest BCUT2D eigenvalue weighted by Gasteiger charge is 2.24. The lowest BCUT2D eigenvalue weighted by Gasteiger charge is -2.36. The SMILES string of the molecule is CCC(C)n1ccc(CN(CC)C(C)(C)CN)n1. The first-order valence-corrected chi connectivity index (χ1v) is 6.93. The van der Waals surface area contributed by atoms with Crippen LogP contribution in [0.15, 0.2) is 12.3 Å². The van der Waals surface area contributed by atoms with Gasteiger partial charge in [-0.1, -0.05) is 13.8 Å². The predicted octanol–water partition coefficient (Wildman–Crippen LogP) is 2.41. The van der Waals surface area contributed by atoms with Crippen molar-refractivity contribution in [1.82, 2.24) is 14.7 Å². The Labute approximate surface area is 111 Å². The third-order valence-electron chi connectivity index (χ3n) is 3.80. The van der Waals surface area contributed by atoms with Crippen LogP contribution in [0.4, 0.5) is 0 Å². The van der Waals surface area contributed by atoms with Crippen LogP contribution < -0.4 is 5.73 Å². The average Bonchev–Trinajstić information content (AvgIpc) is 2.83. The van der Waals surface area contributed by atoms with E-state index < -0.39 is 0 Å². The maximum absolute atomic E-state index is 5.84. The van der Waals surface area contributed by atoms with Gasteiger partial charge in [-0.3, -0.25) is 9.58 Å². The molecule has 1 heterocycles. The molecule has 0 fully saturated rings. The monoisotopic (exact) mass is 252 g/mol. The van der Waals surface area contributed by atoms with Gasteiger partial charge in [0.2, 0.25) is 0 Å². The van der Waals surface area contributed by atoms with Crippen molar-refractivity contribution in [3.8, 4) is 0 Å². The summed E-state index contributed by atoms with van der Waals surface area (Å²) in [6, 6.07) is 2.58. The summed E-state index contributed by atoms with van der Waals surface area (Å²) in [5, 5.41) is 4.65. The Balaban J connectivity index is 2.74. The van der Waals surface area contributed by atoms with Gasteiger partial charge in [0.1, 0.15) is 0 Å². The van der Waals surface area contributed by atoms with E-state index in [2.05, 4.69) is 61.6 Å². The lowest BCUT2D eigenvalue weighted by molar-refractivity contribution is 0.124. The molecule has 104 valence electrons. The Kier molecular flexibility index (Phi) is 5.35. The van der Waals surface area contributed by atoms with Crippen LogP contribution in [-0.2, 0) is 6.54 Å². The summed E-state index contributed by atoms with van der Waals surface area (Å²) in [5.41, 5.74) is 6.99. The largest absolute Gasteiger partial charge is 0.329 e. The summed E-state index contributed by atoms with van der Waals surface area (Å²) in [7, 11) is 0. The fourth-order valence-electron chi connectivity index (χ4n) is 1.97. The third kappa shape index (κ3) is 3.56. The van der Waals surface area contributed by atoms with Crippen LogP contribution in [0, 0.1) is 0 Å². The third-order valence-corrected chi connectivity index (χ3v) is 3.80. The fourth-order valence-corrected chi connectivity index (χ4v) is 1.97. The van der Waals surface area contributed by atoms with Crippen molar-refractivity contribution in [2.24, 2.45) is 5.73 Å². The molecule has 0 saturated carbocycles. The number of nitrogens with zero attached hydrogens (tertiary/aromatic N) is 3. The van der Waals surface area contributed by atoms with Crippen molar-refractivity contribution in [3.05, 3.63) is 18.0 Å². The quantitative estimate of drug-likeness (QED) is 0.810. The first-order valence-electron chi connectivity index (χ1n) is 6.93. The van der Waals surface area contributed by atoms with Crippen LogP contribution in [0.2, 0.25) is 0 Å². The second-order valence-corrected chi connectivity index (χ2v) is 5.58. The zero-order valence-electron chi connectivity index (χ0n) is 12.5. The number of hydrogen-bond donors (Lipinski definition) is 1. The van der Waals surface area contributed by atoms with Gasteiger partial charge in [-0.2, -0.15) is 5.10 Å². The molecule has 2 N–H and O–H groups in total. The Morgan fingerprint density at radius 2 is 2.11 bits per heavy atom. The molecule has 1 atom stereocenters. The van der Waals surface area contributed by atoms with E-state index in [-0.39, 0.29) is 5.54 Å². The molecular formula is C14H28N4. The van der Waals surface area contributed by atoms with Crippen LogP contribution in [0.1, 0.15) is 52.8 Å². The van der Waals surface area contributed by atoms with Crippen molar-refractivity contribution in [2.45, 2.75) is 59.2 Å². The van der Waals surface area contributed by atoms with Crippen molar-refractivity contribution < 1.29 is 0 Å². The lowest BCUT2D eigenvalue weighted by atomic mass is 10.0. The standard InChI is InChI=1S/C14H28N4/c1-6-12(3)18-9-8-13(16-18)10-17(7-2)14(4,5)11-15/h8-9,12H,6-7,10-11,15H2,1-5H3. The number of likely N-dealkylation sites (N-methyl/N-ethyl adjacent to an activating group) is 1. The Hall–Kier alpha value is -0.870. The van der Waals surface area contributed by atoms with Gasteiger partial charge in [-0.15, -0.1) is 0 Å². The molecule has 0 aliphatic heterocycles. The van der Waals surface area contributed by atoms with Crippen LogP contribution in [0.3, 0.4) is 0 Å². The van der Waals surface area contributed by atoms with Gasteiger partial charge >= 0.3 is 0 Å². The summed E-state index contributed by atoms with van der Waals surface area (Å²) in [6.07, 6.45) is 3.18. The van der Waals surface area contributed by atoms with Crippen molar-refractivity contribution in [2.75, 3.05) is 13.1 Å². The number of nitrogens with two attached hydrogens (primary N) is 1. The molecule has 4 nitrogen and oxygen atoms in total. The molecule has 1 aromatic rings. The maximum Gasteiger partial charge on any atom is 0.0765 e. The van der Waals surface area contributed by atoms with Crippen LogP contribution >= 0.6 is 0 Å². The lowest BCUT2D eigenvalue weighted by Crippen LogP contribution is -2.48. The maximum atomic E-state index is 5.84. The molecule has 0 bridgehead atoms. The summed E-state index contributed by atoms with van der Waals surface area (Å²) < 4.78 is 2.05. The van der Waals surface area contributed by atoms with E-state index in [1.807, 2.05) is 0 Å². The molecule has 0 aliphatic carbocycles. The Morgan fingerprint density at radius 1 is 1.44 bits per heavy atom. The molecule has 1 rings (SSSR count). The molecule has 0 aliphatic rings. The predicted molar refractivity (Wildman–Crippen MR) is 76.4 cm³/mol. The Morgan fingerprint density at radius 3 is 2.61 bits per heavy atom. The summed E-state index contributed by atoms with van der Waals surface area (Å²) in [6.45, 7) is 13.4. The van der Waals surface area contributed by atoms with Crippen LogP contribution in [-0.4, -0.2) is 33.3 Å². The van der Waals surface area contributed by atoms with Gasteiger partial charge in [0.25, 0.3) is 0 Å². The summed E-state index contributed by atoms with van der Waals surface area (Å²) in [5.74, 6) is 0. The zero-order chi connectivity index (χ0) is 13.8. The number of aromatic nitrogens is 2. The molecule has 0 spiro atoms. The smallest absolute Gasteiger partial charge is 0.0765 e.